The van der Waals surface area contributed by atoms with Gasteiger partial charge in [0.2, 0.25) is 12.3 Å². The van der Waals surface area contributed by atoms with Crippen molar-refractivity contribution >= 4 is 11.5 Å². The van der Waals surface area contributed by atoms with Crippen molar-refractivity contribution in [2.75, 3.05) is 25.6 Å². The third-order valence-corrected chi connectivity index (χ3v) is 4.42. The number of hydrogen-bond acceptors (Lipinski definition) is 3. The zero-order valence-electron chi connectivity index (χ0n) is 16.4. The summed E-state index contributed by atoms with van der Waals surface area (Å²) in [5.74, 6) is 0.859. The summed E-state index contributed by atoms with van der Waals surface area (Å²) in [4.78, 5) is 14.6. The lowest BCUT2D eigenvalue weighted by Gasteiger charge is -2.12. The van der Waals surface area contributed by atoms with Crippen LogP contribution in [0.25, 0.3) is 11.1 Å². The molecule has 1 aromatic heterocycles. The molecular weight excluding hydrogens is 416 g/mol. The molecule has 28 heavy (non-hydrogen) atoms. The standard InChI is InChI=1S/C23H25N2O2.BrH/c1-4-27-22-11-7-20(8-12-22)23(26)17-25-15-13-19(14-16-25)18-5-9-21(10-6-18)24(2)3;/h5-16H,4,17H2,1-3H3;1H/q+1;/p-1. The molecule has 0 N–H and O–H groups in total. The lowest BCUT2D eigenvalue weighted by Crippen LogP contribution is -3.00. The average Bonchev–Trinajstić information content (AvgIpc) is 2.69. The quantitative estimate of drug-likeness (QED) is 0.405. The van der Waals surface area contributed by atoms with E-state index < -0.39 is 0 Å². The Morgan fingerprint density at radius 1 is 0.893 bits per heavy atom. The summed E-state index contributed by atoms with van der Waals surface area (Å²) in [6.45, 7) is 2.87. The van der Waals surface area contributed by atoms with E-state index in [1.165, 1.54) is 5.69 Å². The zero-order valence-corrected chi connectivity index (χ0v) is 18.0. The minimum atomic E-state index is 0. The largest absolute Gasteiger partial charge is 1.00 e. The molecule has 0 unspecified atom stereocenters. The molecule has 1 heterocycles. The Labute approximate surface area is 177 Å². The second-order valence-electron chi connectivity index (χ2n) is 6.58. The molecule has 0 saturated carbocycles. The maximum Gasteiger partial charge on any atom is 0.227 e. The van der Waals surface area contributed by atoms with Gasteiger partial charge in [-0.15, -0.1) is 0 Å². The summed E-state index contributed by atoms with van der Waals surface area (Å²) < 4.78 is 7.31. The smallest absolute Gasteiger partial charge is 0.227 e. The van der Waals surface area contributed by atoms with Gasteiger partial charge in [0.05, 0.1) is 6.61 Å². The van der Waals surface area contributed by atoms with E-state index in [1.54, 1.807) is 0 Å². The Kier molecular flexibility index (Phi) is 7.76. The Bertz CT molecular complexity index is 889. The Balaban J connectivity index is 0.00000280. The maximum atomic E-state index is 12.5. The maximum absolute atomic E-state index is 12.5. The third-order valence-electron chi connectivity index (χ3n) is 4.42. The van der Waals surface area contributed by atoms with Crippen molar-refractivity contribution in [1.29, 1.82) is 0 Å². The first-order valence-electron chi connectivity index (χ1n) is 9.09. The average molecular weight is 441 g/mol. The highest BCUT2D eigenvalue weighted by Gasteiger charge is 2.12. The molecular formula is C23H25BrN2O2. The van der Waals surface area contributed by atoms with Crippen molar-refractivity contribution < 1.29 is 31.1 Å². The SMILES string of the molecule is CCOc1ccc(C(=O)C[n+]2ccc(-c3ccc(N(C)C)cc3)cc2)cc1.[Br-]. The van der Waals surface area contributed by atoms with Crippen LogP contribution in [-0.4, -0.2) is 26.5 Å². The van der Waals surface area contributed by atoms with Gasteiger partial charge in [-0.1, -0.05) is 12.1 Å². The topological polar surface area (TPSA) is 33.4 Å². The number of halogens is 1. The molecule has 0 radical (unpaired) electrons. The molecule has 0 atom stereocenters. The van der Waals surface area contributed by atoms with E-state index >= 15 is 0 Å². The van der Waals surface area contributed by atoms with Gasteiger partial charge in [-0.25, -0.2) is 0 Å². The number of hydrogen-bond donors (Lipinski definition) is 0. The van der Waals surface area contributed by atoms with Gasteiger partial charge in [-0.2, -0.15) is 4.57 Å². The predicted molar refractivity (Wildman–Crippen MR) is 108 cm³/mol. The fourth-order valence-corrected chi connectivity index (χ4v) is 2.87. The van der Waals surface area contributed by atoms with Crippen molar-refractivity contribution in [3.8, 4) is 16.9 Å². The second kappa shape index (κ2) is 10.0. The third kappa shape index (κ3) is 5.42. The zero-order chi connectivity index (χ0) is 19.2. The Hall–Kier alpha value is -2.66. The summed E-state index contributed by atoms with van der Waals surface area (Å²) in [5.41, 5.74) is 4.15. The number of benzene rings is 2. The first-order chi connectivity index (χ1) is 13.1. The first-order valence-corrected chi connectivity index (χ1v) is 9.09. The summed E-state index contributed by atoms with van der Waals surface area (Å²) >= 11 is 0. The number of carbonyl (C=O) groups excluding carboxylic acids is 1. The van der Waals surface area contributed by atoms with Crippen LogP contribution in [0.1, 0.15) is 17.3 Å². The van der Waals surface area contributed by atoms with Gasteiger partial charge in [0.25, 0.3) is 0 Å². The Morgan fingerprint density at radius 2 is 1.46 bits per heavy atom. The van der Waals surface area contributed by atoms with E-state index in [9.17, 15) is 4.79 Å². The number of nitrogens with zero attached hydrogens (tertiary/aromatic N) is 2. The van der Waals surface area contributed by atoms with Crippen LogP contribution in [0.2, 0.25) is 0 Å². The van der Waals surface area contributed by atoms with Crippen LogP contribution in [0.4, 0.5) is 5.69 Å². The number of pyridine rings is 1. The van der Waals surface area contributed by atoms with Crippen molar-refractivity contribution in [3.05, 3.63) is 78.6 Å². The molecule has 0 bridgehead atoms. The fourth-order valence-electron chi connectivity index (χ4n) is 2.87. The number of ether oxygens (including phenoxy) is 1. The number of carbonyl (C=O) groups is 1. The van der Waals surface area contributed by atoms with Crippen molar-refractivity contribution in [3.63, 3.8) is 0 Å². The van der Waals surface area contributed by atoms with Gasteiger partial charge < -0.3 is 26.6 Å². The molecule has 3 aromatic rings. The van der Waals surface area contributed by atoms with Crippen LogP contribution in [0.15, 0.2) is 73.1 Å². The van der Waals surface area contributed by atoms with Gasteiger partial charge in [0.1, 0.15) is 5.75 Å². The van der Waals surface area contributed by atoms with Gasteiger partial charge in [0.15, 0.2) is 12.4 Å². The molecule has 4 nitrogen and oxygen atoms in total. The van der Waals surface area contributed by atoms with Crippen LogP contribution in [-0.2, 0) is 6.54 Å². The van der Waals surface area contributed by atoms with E-state index in [2.05, 4.69) is 29.2 Å². The number of Topliss-reactive ketones (excluding diaryl/α,β-unsaturated/α-hetero) is 1. The van der Waals surface area contributed by atoms with Gasteiger partial charge in [-0.3, -0.25) is 4.79 Å². The summed E-state index contributed by atoms with van der Waals surface area (Å²) in [6.07, 6.45) is 3.89. The molecule has 2 aromatic carbocycles. The number of rotatable bonds is 7. The van der Waals surface area contributed by atoms with Crippen molar-refractivity contribution in [2.45, 2.75) is 13.5 Å². The van der Waals surface area contributed by atoms with Crippen LogP contribution < -0.4 is 31.2 Å². The van der Waals surface area contributed by atoms with Gasteiger partial charge in [0, 0.05) is 37.5 Å². The van der Waals surface area contributed by atoms with E-state index in [1.807, 2.05) is 74.4 Å². The molecule has 0 fully saturated rings. The molecule has 146 valence electrons. The Morgan fingerprint density at radius 3 is 2.00 bits per heavy atom. The predicted octanol–water partition coefficient (Wildman–Crippen LogP) is 0.993. The van der Waals surface area contributed by atoms with Gasteiger partial charge >= 0.3 is 0 Å². The normalized spacial score (nSPS) is 10.1. The number of aromatic nitrogens is 1. The molecule has 0 aliphatic heterocycles. The second-order valence-corrected chi connectivity index (χ2v) is 6.58. The molecule has 0 amide bonds. The summed E-state index contributed by atoms with van der Waals surface area (Å²) in [5, 5.41) is 0. The molecule has 0 aliphatic rings. The highest BCUT2D eigenvalue weighted by Crippen LogP contribution is 2.21. The van der Waals surface area contributed by atoms with Crippen LogP contribution in [0, 0.1) is 0 Å². The van der Waals surface area contributed by atoms with Crippen molar-refractivity contribution in [1.82, 2.24) is 0 Å². The highest BCUT2D eigenvalue weighted by molar-refractivity contribution is 5.95. The monoisotopic (exact) mass is 440 g/mol. The summed E-state index contributed by atoms with van der Waals surface area (Å²) in [6, 6.07) is 19.8. The van der Waals surface area contributed by atoms with Gasteiger partial charge in [-0.05, 0) is 54.4 Å². The van der Waals surface area contributed by atoms with Crippen LogP contribution in [0.3, 0.4) is 0 Å². The minimum Gasteiger partial charge on any atom is -1.00 e. The highest BCUT2D eigenvalue weighted by atomic mass is 79.9. The molecule has 5 heteroatoms. The number of anilines is 1. The lowest BCUT2D eigenvalue weighted by atomic mass is 10.1. The van der Waals surface area contributed by atoms with Crippen LogP contribution >= 0.6 is 0 Å². The molecule has 0 aliphatic carbocycles. The number of ketones is 1. The minimum absolute atomic E-state index is 0. The van der Waals surface area contributed by atoms with E-state index in [-0.39, 0.29) is 22.8 Å². The lowest BCUT2D eigenvalue weighted by molar-refractivity contribution is -0.683. The van der Waals surface area contributed by atoms with Crippen LogP contribution in [0.5, 0.6) is 5.75 Å². The van der Waals surface area contributed by atoms with Crippen molar-refractivity contribution in [2.24, 2.45) is 0 Å². The fraction of sp³-hybridized carbons (Fsp3) is 0.217. The van der Waals surface area contributed by atoms with E-state index in [4.69, 9.17) is 4.74 Å². The molecule has 0 spiro atoms. The van der Waals surface area contributed by atoms with E-state index in [0.29, 0.717) is 18.7 Å². The summed E-state index contributed by atoms with van der Waals surface area (Å²) in [7, 11) is 4.06. The first kappa shape index (κ1) is 21.6. The molecule has 3 rings (SSSR count). The molecule has 0 saturated heterocycles. The van der Waals surface area contributed by atoms with E-state index in [0.717, 1.165) is 16.9 Å².